The van der Waals surface area contributed by atoms with Gasteiger partial charge in [0.15, 0.2) is 0 Å². The number of nitrogens with zero attached hydrogens (tertiary/aromatic N) is 2. The molecule has 106 valence electrons. The van der Waals surface area contributed by atoms with Crippen molar-refractivity contribution in [3.63, 3.8) is 0 Å². The van der Waals surface area contributed by atoms with Crippen molar-refractivity contribution in [3.05, 3.63) is 70.9 Å². The molecule has 1 heterocycles. The van der Waals surface area contributed by atoms with E-state index in [0.29, 0.717) is 17.3 Å². The third-order valence-electron chi connectivity index (χ3n) is 3.50. The Balaban J connectivity index is 1.91. The Labute approximate surface area is 129 Å². The quantitative estimate of drug-likeness (QED) is 0.789. The van der Waals surface area contributed by atoms with Crippen molar-refractivity contribution in [1.29, 1.82) is 0 Å². The second kappa shape index (κ2) is 5.62. The van der Waals surface area contributed by atoms with E-state index in [1.165, 1.54) is 11.1 Å². The van der Waals surface area contributed by atoms with Gasteiger partial charge in [0.1, 0.15) is 5.69 Å². The average molecular weight is 298 g/mol. The zero-order valence-corrected chi connectivity index (χ0v) is 12.5. The summed E-state index contributed by atoms with van der Waals surface area (Å²) in [6.45, 7) is 2.81. The molecule has 0 bridgehead atoms. The van der Waals surface area contributed by atoms with Crippen LogP contribution in [-0.2, 0) is 6.54 Å². The number of hydrogen-bond acceptors (Lipinski definition) is 2. The van der Waals surface area contributed by atoms with Gasteiger partial charge in [0, 0.05) is 16.8 Å². The minimum absolute atomic E-state index is 0.672. The van der Waals surface area contributed by atoms with Gasteiger partial charge in [-0.15, -0.1) is 0 Å². The van der Waals surface area contributed by atoms with E-state index in [1.807, 2.05) is 47.3 Å². The first-order valence-corrected chi connectivity index (χ1v) is 7.14. The molecule has 0 atom stereocenters. The zero-order chi connectivity index (χ0) is 14.8. The number of nitrogen functional groups attached to an aromatic ring is 1. The first kappa shape index (κ1) is 13.7. The van der Waals surface area contributed by atoms with Gasteiger partial charge in [0.05, 0.1) is 12.2 Å². The monoisotopic (exact) mass is 297 g/mol. The van der Waals surface area contributed by atoms with Crippen molar-refractivity contribution < 1.29 is 0 Å². The Morgan fingerprint density at radius 1 is 1.10 bits per heavy atom. The molecule has 0 unspecified atom stereocenters. The molecule has 0 fully saturated rings. The van der Waals surface area contributed by atoms with E-state index in [-0.39, 0.29) is 0 Å². The van der Waals surface area contributed by atoms with Crippen molar-refractivity contribution in [2.45, 2.75) is 13.5 Å². The van der Waals surface area contributed by atoms with Crippen LogP contribution in [0.15, 0.2) is 54.7 Å². The van der Waals surface area contributed by atoms with Gasteiger partial charge in [-0.1, -0.05) is 48.0 Å². The predicted octanol–water partition coefficient (Wildman–Crippen LogP) is 4.14. The lowest BCUT2D eigenvalue weighted by Gasteiger charge is -2.05. The van der Waals surface area contributed by atoms with Crippen LogP contribution in [0.2, 0.25) is 5.02 Å². The summed E-state index contributed by atoms with van der Waals surface area (Å²) in [5.41, 5.74) is 11.0. The van der Waals surface area contributed by atoms with Crippen LogP contribution in [-0.4, -0.2) is 9.78 Å². The van der Waals surface area contributed by atoms with Crippen molar-refractivity contribution in [2.75, 3.05) is 5.73 Å². The van der Waals surface area contributed by atoms with Crippen molar-refractivity contribution in [2.24, 2.45) is 0 Å². The summed E-state index contributed by atoms with van der Waals surface area (Å²) in [7, 11) is 0. The molecule has 3 aromatic rings. The fraction of sp³-hybridized carbons (Fsp3) is 0.118. The number of aryl methyl sites for hydroxylation is 1. The summed E-state index contributed by atoms with van der Waals surface area (Å²) in [5.74, 6) is 0. The molecule has 0 aliphatic heterocycles. The summed E-state index contributed by atoms with van der Waals surface area (Å²) >= 11 is 5.91. The van der Waals surface area contributed by atoms with Crippen molar-refractivity contribution in [3.8, 4) is 11.3 Å². The summed E-state index contributed by atoms with van der Waals surface area (Å²) in [4.78, 5) is 0. The van der Waals surface area contributed by atoms with Crippen LogP contribution in [0.3, 0.4) is 0 Å². The van der Waals surface area contributed by atoms with Crippen molar-refractivity contribution >= 4 is 17.3 Å². The van der Waals surface area contributed by atoms with E-state index in [1.54, 1.807) is 0 Å². The molecule has 0 aliphatic carbocycles. The molecule has 0 amide bonds. The van der Waals surface area contributed by atoms with Crippen molar-refractivity contribution in [1.82, 2.24) is 9.78 Å². The predicted molar refractivity (Wildman–Crippen MR) is 87.4 cm³/mol. The first-order chi connectivity index (χ1) is 10.1. The fourth-order valence-corrected chi connectivity index (χ4v) is 2.44. The maximum absolute atomic E-state index is 6.09. The third kappa shape index (κ3) is 2.93. The molecular formula is C17H16ClN3. The maximum atomic E-state index is 6.09. The van der Waals surface area contributed by atoms with E-state index in [9.17, 15) is 0 Å². The van der Waals surface area contributed by atoms with Crippen LogP contribution in [0.5, 0.6) is 0 Å². The van der Waals surface area contributed by atoms with Crippen LogP contribution in [0.4, 0.5) is 5.69 Å². The molecule has 1 aromatic heterocycles. The smallest absolute Gasteiger partial charge is 0.115 e. The first-order valence-electron chi connectivity index (χ1n) is 6.77. The van der Waals surface area contributed by atoms with E-state index in [4.69, 9.17) is 17.3 Å². The number of halogens is 1. The molecule has 0 aliphatic rings. The second-order valence-corrected chi connectivity index (χ2v) is 5.50. The summed E-state index contributed by atoms with van der Waals surface area (Å²) in [6.07, 6.45) is 1.87. The normalized spacial score (nSPS) is 10.8. The van der Waals surface area contributed by atoms with E-state index >= 15 is 0 Å². The summed E-state index contributed by atoms with van der Waals surface area (Å²) in [5, 5.41) is 5.30. The van der Waals surface area contributed by atoms with E-state index in [0.717, 1.165) is 11.3 Å². The van der Waals surface area contributed by atoms with Gasteiger partial charge < -0.3 is 5.73 Å². The number of rotatable bonds is 3. The lowest BCUT2D eigenvalue weighted by Crippen LogP contribution is -2.02. The molecule has 2 N–H and O–H groups in total. The largest absolute Gasteiger partial charge is 0.396 e. The van der Waals surface area contributed by atoms with Gasteiger partial charge >= 0.3 is 0 Å². The molecule has 21 heavy (non-hydrogen) atoms. The summed E-state index contributed by atoms with van der Waals surface area (Å²) in [6, 6.07) is 15.8. The molecule has 3 rings (SSSR count). The Hall–Kier alpha value is -2.26. The SMILES string of the molecule is Cc1ccccc1Cn1cc(N)c(-c2ccc(Cl)cc2)n1. The molecule has 0 spiro atoms. The van der Waals surface area contributed by atoms with Crippen LogP contribution in [0.25, 0.3) is 11.3 Å². The number of aromatic nitrogens is 2. The Bertz CT molecular complexity index is 760. The average Bonchev–Trinajstić information content (AvgIpc) is 2.83. The highest BCUT2D eigenvalue weighted by Crippen LogP contribution is 2.25. The van der Waals surface area contributed by atoms with Gasteiger partial charge in [0.2, 0.25) is 0 Å². The lowest BCUT2D eigenvalue weighted by molar-refractivity contribution is 0.687. The topological polar surface area (TPSA) is 43.8 Å². The molecule has 2 aromatic carbocycles. The Morgan fingerprint density at radius 3 is 2.52 bits per heavy atom. The van der Waals surface area contributed by atoms with Gasteiger partial charge in [-0.25, -0.2) is 0 Å². The highest BCUT2D eigenvalue weighted by molar-refractivity contribution is 6.30. The molecule has 3 nitrogen and oxygen atoms in total. The maximum Gasteiger partial charge on any atom is 0.115 e. The summed E-state index contributed by atoms with van der Waals surface area (Å²) < 4.78 is 1.88. The van der Waals surface area contributed by atoms with Crippen LogP contribution in [0, 0.1) is 6.92 Å². The Morgan fingerprint density at radius 2 is 1.81 bits per heavy atom. The van der Waals surface area contributed by atoms with Crippen LogP contribution in [0.1, 0.15) is 11.1 Å². The molecule has 0 saturated heterocycles. The van der Waals surface area contributed by atoms with Crippen LogP contribution < -0.4 is 5.73 Å². The van der Waals surface area contributed by atoms with Gasteiger partial charge in [0.25, 0.3) is 0 Å². The zero-order valence-electron chi connectivity index (χ0n) is 11.8. The van der Waals surface area contributed by atoms with Gasteiger partial charge in [-0.05, 0) is 30.2 Å². The number of benzene rings is 2. The molecule has 4 heteroatoms. The Kier molecular flexibility index (Phi) is 3.67. The standard InChI is InChI=1S/C17H16ClN3/c1-12-4-2-3-5-14(12)10-21-11-16(19)17(20-21)13-6-8-15(18)9-7-13/h2-9,11H,10,19H2,1H3. The highest BCUT2D eigenvalue weighted by Gasteiger charge is 2.09. The molecule has 0 radical (unpaired) electrons. The third-order valence-corrected chi connectivity index (χ3v) is 3.75. The molecule has 0 saturated carbocycles. The van der Waals surface area contributed by atoms with E-state index in [2.05, 4.69) is 24.2 Å². The highest BCUT2D eigenvalue weighted by atomic mass is 35.5. The lowest BCUT2D eigenvalue weighted by atomic mass is 10.1. The minimum atomic E-state index is 0.672. The number of hydrogen-bond donors (Lipinski definition) is 1. The van der Waals surface area contributed by atoms with Crippen LogP contribution >= 0.6 is 11.6 Å². The molecular weight excluding hydrogens is 282 g/mol. The van der Waals surface area contributed by atoms with Gasteiger partial charge in [-0.3, -0.25) is 4.68 Å². The second-order valence-electron chi connectivity index (χ2n) is 5.06. The number of nitrogens with two attached hydrogens (primary N) is 1. The fourth-order valence-electron chi connectivity index (χ4n) is 2.31. The number of anilines is 1. The minimum Gasteiger partial charge on any atom is -0.396 e. The van der Waals surface area contributed by atoms with E-state index < -0.39 is 0 Å². The van der Waals surface area contributed by atoms with Gasteiger partial charge in [-0.2, -0.15) is 5.10 Å².